The Morgan fingerprint density at radius 1 is 1.32 bits per heavy atom. The van der Waals surface area contributed by atoms with E-state index in [1.165, 1.54) is 0 Å². The minimum Gasteiger partial charge on any atom is -0.390 e. The molecule has 1 saturated heterocycles. The Morgan fingerprint density at radius 2 is 2.05 bits per heavy atom. The van der Waals surface area contributed by atoms with Gasteiger partial charge in [-0.1, -0.05) is 24.3 Å². The first kappa shape index (κ1) is 15.3. The minimum absolute atomic E-state index is 0.109. The average Bonchev–Trinajstić information content (AvgIpc) is 2.84. The third kappa shape index (κ3) is 3.25. The summed E-state index contributed by atoms with van der Waals surface area (Å²) in [5.74, 6) is 0.459. The van der Waals surface area contributed by atoms with Gasteiger partial charge in [0.15, 0.2) is 0 Å². The average molecular weight is 304 g/mol. The van der Waals surface area contributed by atoms with Crippen molar-refractivity contribution in [3.63, 3.8) is 0 Å². The lowest BCUT2D eigenvalue weighted by Crippen LogP contribution is -2.47. The Bertz CT molecular complexity index is 528. The Balaban J connectivity index is 1.57. The lowest BCUT2D eigenvalue weighted by atomic mass is 9.93. The highest BCUT2D eigenvalue weighted by Gasteiger charge is 2.32. The highest BCUT2D eigenvalue weighted by molar-refractivity contribution is 5.75. The molecule has 1 aromatic rings. The number of nitrogens with one attached hydrogen (secondary N) is 2. The molecule has 120 valence electrons. The third-order valence-corrected chi connectivity index (χ3v) is 4.82. The van der Waals surface area contributed by atoms with E-state index in [1.54, 1.807) is 0 Å². The van der Waals surface area contributed by atoms with E-state index in [-0.39, 0.29) is 18.1 Å². The second kappa shape index (κ2) is 6.67. The fourth-order valence-electron chi connectivity index (χ4n) is 3.47. The van der Waals surface area contributed by atoms with Gasteiger partial charge in [0.05, 0.1) is 12.1 Å². The maximum absolute atomic E-state index is 12.2. The fourth-order valence-corrected chi connectivity index (χ4v) is 3.47. The van der Waals surface area contributed by atoms with Gasteiger partial charge < -0.3 is 20.5 Å². The summed E-state index contributed by atoms with van der Waals surface area (Å²) in [7, 11) is 0. The van der Waals surface area contributed by atoms with Crippen molar-refractivity contribution in [3.05, 3.63) is 35.4 Å². The summed E-state index contributed by atoms with van der Waals surface area (Å²) in [5, 5.41) is 16.1. The third-order valence-electron chi connectivity index (χ3n) is 4.82. The van der Waals surface area contributed by atoms with Gasteiger partial charge >= 0.3 is 6.03 Å². The Hall–Kier alpha value is -1.59. The van der Waals surface area contributed by atoms with Crippen LogP contribution in [-0.2, 0) is 11.2 Å². The first-order chi connectivity index (χ1) is 10.6. The lowest BCUT2D eigenvalue weighted by Gasteiger charge is -2.29. The number of aliphatic hydroxyl groups is 1. The van der Waals surface area contributed by atoms with E-state index in [1.807, 2.05) is 31.2 Å². The molecule has 1 aliphatic heterocycles. The second-order valence-electron chi connectivity index (χ2n) is 6.30. The zero-order valence-corrected chi connectivity index (χ0v) is 12.9. The van der Waals surface area contributed by atoms with Crippen LogP contribution >= 0.6 is 0 Å². The van der Waals surface area contributed by atoms with Crippen molar-refractivity contribution < 1.29 is 14.6 Å². The van der Waals surface area contributed by atoms with Gasteiger partial charge in [0.2, 0.25) is 0 Å². The number of rotatable bonds is 3. The Morgan fingerprint density at radius 3 is 2.82 bits per heavy atom. The van der Waals surface area contributed by atoms with Crippen LogP contribution in [0.2, 0.25) is 0 Å². The molecule has 1 aromatic carbocycles. The van der Waals surface area contributed by atoms with Crippen LogP contribution in [0, 0.1) is 5.92 Å². The number of hydrogen-bond donors (Lipinski definition) is 3. The summed E-state index contributed by atoms with van der Waals surface area (Å²) < 4.78 is 5.35. The van der Waals surface area contributed by atoms with Gasteiger partial charge in [-0.3, -0.25) is 0 Å². The molecule has 1 aliphatic carbocycles. The zero-order chi connectivity index (χ0) is 15.5. The Kier molecular flexibility index (Phi) is 4.64. The number of hydrogen-bond acceptors (Lipinski definition) is 3. The van der Waals surface area contributed by atoms with Crippen molar-refractivity contribution in [1.29, 1.82) is 0 Å². The van der Waals surface area contributed by atoms with E-state index >= 15 is 0 Å². The summed E-state index contributed by atoms with van der Waals surface area (Å²) in [6.07, 6.45) is 2.00. The molecule has 3 rings (SSSR count). The molecule has 0 aromatic heterocycles. The number of carbonyl (C=O) groups excluding carboxylic acids is 1. The SMILES string of the molecule is CC(NC(=O)N[C@H]1c2ccccc2C[C@H]1O)C1CCOCC1. The van der Waals surface area contributed by atoms with Crippen molar-refractivity contribution in [1.82, 2.24) is 10.6 Å². The maximum atomic E-state index is 12.2. The molecule has 0 radical (unpaired) electrons. The predicted molar refractivity (Wildman–Crippen MR) is 83.6 cm³/mol. The molecule has 0 bridgehead atoms. The van der Waals surface area contributed by atoms with E-state index in [0.29, 0.717) is 12.3 Å². The van der Waals surface area contributed by atoms with Gasteiger partial charge in [0, 0.05) is 25.7 Å². The molecule has 2 aliphatic rings. The van der Waals surface area contributed by atoms with Crippen molar-refractivity contribution in [2.24, 2.45) is 5.92 Å². The number of fused-ring (bicyclic) bond motifs is 1. The van der Waals surface area contributed by atoms with Crippen LogP contribution in [0.3, 0.4) is 0 Å². The van der Waals surface area contributed by atoms with Crippen molar-refractivity contribution in [3.8, 4) is 0 Å². The zero-order valence-electron chi connectivity index (χ0n) is 12.9. The molecule has 1 unspecified atom stereocenters. The van der Waals surface area contributed by atoms with Gasteiger partial charge in [-0.2, -0.15) is 0 Å². The molecular formula is C17H24N2O3. The van der Waals surface area contributed by atoms with Crippen molar-refractivity contribution >= 4 is 6.03 Å². The molecule has 1 fully saturated rings. The molecular weight excluding hydrogens is 280 g/mol. The highest BCUT2D eigenvalue weighted by atomic mass is 16.5. The fraction of sp³-hybridized carbons (Fsp3) is 0.588. The molecule has 5 nitrogen and oxygen atoms in total. The lowest BCUT2D eigenvalue weighted by molar-refractivity contribution is 0.0568. The number of urea groups is 1. The first-order valence-electron chi connectivity index (χ1n) is 8.06. The summed E-state index contributed by atoms with van der Waals surface area (Å²) >= 11 is 0. The van der Waals surface area contributed by atoms with Crippen LogP contribution in [0.1, 0.15) is 36.9 Å². The standard InChI is InChI=1S/C17H24N2O3/c1-11(12-6-8-22-9-7-12)18-17(21)19-16-14-5-3-2-4-13(14)10-15(16)20/h2-5,11-12,15-16,20H,6-10H2,1H3,(H2,18,19,21)/t11?,15-,16+/m1/s1. The van der Waals surface area contributed by atoms with E-state index in [2.05, 4.69) is 10.6 Å². The molecule has 0 saturated carbocycles. The number of benzene rings is 1. The van der Waals surface area contributed by atoms with Crippen LogP contribution < -0.4 is 10.6 Å². The Labute approximate surface area is 131 Å². The van der Waals surface area contributed by atoms with Crippen LogP contribution in [0.25, 0.3) is 0 Å². The molecule has 1 heterocycles. The van der Waals surface area contributed by atoms with E-state index in [9.17, 15) is 9.90 Å². The van der Waals surface area contributed by atoms with Gasteiger partial charge in [0.1, 0.15) is 0 Å². The summed E-state index contributed by atoms with van der Waals surface area (Å²) in [6.45, 7) is 3.58. The number of ether oxygens (including phenoxy) is 1. The summed E-state index contributed by atoms with van der Waals surface area (Å²) in [4.78, 5) is 12.2. The van der Waals surface area contributed by atoms with Crippen LogP contribution in [0.5, 0.6) is 0 Å². The van der Waals surface area contributed by atoms with E-state index in [0.717, 1.165) is 37.2 Å². The minimum atomic E-state index is -0.554. The smallest absolute Gasteiger partial charge is 0.315 e. The molecule has 3 N–H and O–H groups in total. The van der Waals surface area contributed by atoms with Gasteiger partial charge in [-0.25, -0.2) is 4.79 Å². The normalized spacial score (nSPS) is 26.3. The highest BCUT2D eigenvalue weighted by Crippen LogP contribution is 2.31. The van der Waals surface area contributed by atoms with Crippen LogP contribution in [0.4, 0.5) is 4.79 Å². The second-order valence-corrected chi connectivity index (χ2v) is 6.30. The van der Waals surface area contributed by atoms with Gasteiger partial charge in [-0.15, -0.1) is 0 Å². The van der Waals surface area contributed by atoms with Crippen LogP contribution in [0.15, 0.2) is 24.3 Å². The van der Waals surface area contributed by atoms with E-state index < -0.39 is 6.10 Å². The van der Waals surface area contributed by atoms with Gasteiger partial charge in [-0.05, 0) is 36.8 Å². The predicted octanol–water partition coefficient (Wildman–Crippen LogP) is 1.76. The molecule has 2 amide bonds. The molecule has 0 spiro atoms. The van der Waals surface area contributed by atoms with Crippen molar-refractivity contribution in [2.75, 3.05) is 13.2 Å². The largest absolute Gasteiger partial charge is 0.390 e. The summed E-state index contributed by atoms with van der Waals surface area (Å²) in [6, 6.07) is 7.45. The molecule has 3 atom stereocenters. The topological polar surface area (TPSA) is 70.6 Å². The quantitative estimate of drug-likeness (QED) is 0.797. The first-order valence-corrected chi connectivity index (χ1v) is 8.06. The van der Waals surface area contributed by atoms with Crippen LogP contribution in [-0.4, -0.2) is 36.5 Å². The molecule has 5 heteroatoms. The van der Waals surface area contributed by atoms with Crippen molar-refractivity contribution in [2.45, 2.75) is 44.4 Å². The number of amides is 2. The number of aliphatic hydroxyl groups excluding tert-OH is 1. The molecule has 22 heavy (non-hydrogen) atoms. The number of carbonyl (C=O) groups is 1. The maximum Gasteiger partial charge on any atom is 0.315 e. The summed E-state index contributed by atoms with van der Waals surface area (Å²) in [5.41, 5.74) is 2.13. The van der Waals surface area contributed by atoms with Gasteiger partial charge in [0.25, 0.3) is 0 Å². The monoisotopic (exact) mass is 304 g/mol. The van der Waals surface area contributed by atoms with E-state index in [4.69, 9.17) is 4.74 Å².